The Kier molecular flexibility index (Phi) is 4.32. The summed E-state index contributed by atoms with van der Waals surface area (Å²) >= 11 is 0. The first kappa shape index (κ1) is 19.0. The summed E-state index contributed by atoms with van der Waals surface area (Å²) in [5.74, 6) is -0.239. The summed E-state index contributed by atoms with van der Waals surface area (Å²) in [6, 6.07) is 10.5. The number of primary sulfonamides is 1. The van der Waals surface area contributed by atoms with Crippen LogP contribution in [0.2, 0.25) is 0 Å². The number of aryl methyl sites for hydroxylation is 1. The molecule has 1 aliphatic carbocycles. The van der Waals surface area contributed by atoms with E-state index >= 15 is 0 Å². The van der Waals surface area contributed by atoms with Gasteiger partial charge in [-0.3, -0.25) is 14.9 Å². The number of sulfonamides is 1. The van der Waals surface area contributed by atoms with Crippen LogP contribution in [0.3, 0.4) is 0 Å². The molecule has 0 amide bonds. The molecule has 0 bridgehead atoms. The average Bonchev–Trinajstić information content (AvgIpc) is 3.07. The molecule has 0 aliphatic heterocycles. The van der Waals surface area contributed by atoms with Crippen molar-refractivity contribution >= 4 is 21.5 Å². The third-order valence-corrected chi connectivity index (χ3v) is 5.82. The first-order valence-electron chi connectivity index (χ1n) is 8.70. The zero-order valence-electron chi connectivity index (χ0n) is 15.3. The minimum Gasteiger partial charge on any atom is -0.293 e. The lowest BCUT2D eigenvalue weighted by Gasteiger charge is -2.18. The summed E-state index contributed by atoms with van der Waals surface area (Å²) in [5, 5.41) is 20.9. The minimum atomic E-state index is -3.94. The van der Waals surface area contributed by atoms with E-state index in [4.69, 9.17) is 5.14 Å². The molecule has 0 saturated carbocycles. The van der Waals surface area contributed by atoms with Crippen molar-refractivity contribution in [3.8, 4) is 16.9 Å². The van der Waals surface area contributed by atoms with Gasteiger partial charge in [0, 0.05) is 30.2 Å². The zero-order valence-corrected chi connectivity index (χ0v) is 16.1. The Morgan fingerprint density at radius 3 is 2.62 bits per heavy atom. The molecule has 10 heteroatoms. The number of carbonyl (C=O) groups is 1. The fraction of sp³-hybridized carbons (Fsp3) is 0.158. The zero-order chi connectivity index (χ0) is 20.9. The van der Waals surface area contributed by atoms with Gasteiger partial charge in [0.1, 0.15) is 5.69 Å². The lowest BCUT2D eigenvalue weighted by Crippen LogP contribution is -2.13. The Balaban J connectivity index is 2.03. The van der Waals surface area contributed by atoms with Gasteiger partial charge in [0.05, 0.1) is 21.2 Å². The number of carbonyl (C=O) groups excluding carboxylic acids is 1. The number of non-ortho nitro benzene ring substituents is 1. The van der Waals surface area contributed by atoms with Gasteiger partial charge < -0.3 is 0 Å². The Bertz CT molecular complexity index is 1290. The number of aromatic nitrogens is 2. The SMILES string of the molecule is CC(=O)c1nn(-c2cccc(S(N)(=O)=O)c2)c2c1CCc1ccc([N+](=O)[O-])cc1-2. The molecule has 148 valence electrons. The van der Waals surface area contributed by atoms with E-state index in [-0.39, 0.29) is 22.1 Å². The Morgan fingerprint density at radius 2 is 1.97 bits per heavy atom. The summed E-state index contributed by atoms with van der Waals surface area (Å²) in [7, 11) is -3.94. The molecule has 29 heavy (non-hydrogen) atoms. The normalized spacial score (nSPS) is 12.9. The number of benzene rings is 2. The second-order valence-corrected chi connectivity index (χ2v) is 8.35. The van der Waals surface area contributed by atoms with Crippen LogP contribution < -0.4 is 5.14 Å². The highest BCUT2D eigenvalue weighted by atomic mass is 32.2. The van der Waals surface area contributed by atoms with Crippen molar-refractivity contribution in [1.29, 1.82) is 0 Å². The molecule has 9 nitrogen and oxygen atoms in total. The van der Waals surface area contributed by atoms with E-state index in [0.29, 0.717) is 35.3 Å². The molecule has 2 N–H and O–H groups in total. The third kappa shape index (κ3) is 3.22. The number of nitro groups is 1. The summed E-state index contributed by atoms with van der Waals surface area (Å²) in [6.07, 6.45) is 1.16. The number of nitrogens with zero attached hydrogens (tertiary/aromatic N) is 3. The molecule has 1 aromatic heterocycles. The largest absolute Gasteiger partial charge is 0.293 e. The van der Waals surface area contributed by atoms with Crippen molar-refractivity contribution in [1.82, 2.24) is 9.78 Å². The van der Waals surface area contributed by atoms with Crippen LogP contribution in [0.15, 0.2) is 47.4 Å². The lowest BCUT2D eigenvalue weighted by atomic mass is 9.88. The highest BCUT2D eigenvalue weighted by molar-refractivity contribution is 7.89. The van der Waals surface area contributed by atoms with Crippen molar-refractivity contribution in [2.24, 2.45) is 5.14 Å². The van der Waals surface area contributed by atoms with Crippen molar-refractivity contribution in [2.45, 2.75) is 24.7 Å². The second kappa shape index (κ2) is 6.61. The first-order chi connectivity index (χ1) is 13.7. The monoisotopic (exact) mass is 412 g/mol. The number of hydrogen-bond donors (Lipinski definition) is 1. The van der Waals surface area contributed by atoms with Crippen molar-refractivity contribution in [2.75, 3.05) is 0 Å². The molecule has 1 aliphatic rings. The Hall–Kier alpha value is -3.37. The first-order valence-corrected chi connectivity index (χ1v) is 10.2. The molecule has 0 atom stereocenters. The van der Waals surface area contributed by atoms with E-state index in [1.54, 1.807) is 12.1 Å². The Morgan fingerprint density at radius 1 is 1.21 bits per heavy atom. The maximum atomic E-state index is 12.2. The van der Waals surface area contributed by atoms with Crippen LogP contribution in [-0.2, 0) is 22.9 Å². The van der Waals surface area contributed by atoms with Gasteiger partial charge in [0.15, 0.2) is 5.78 Å². The van der Waals surface area contributed by atoms with Gasteiger partial charge in [0.25, 0.3) is 5.69 Å². The maximum absolute atomic E-state index is 12.2. The van der Waals surface area contributed by atoms with E-state index in [0.717, 1.165) is 5.56 Å². The van der Waals surface area contributed by atoms with Crippen molar-refractivity contribution in [3.05, 3.63) is 69.4 Å². The van der Waals surface area contributed by atoms with Crippen LogP contribution in [0.1, 0.15) is 28.5 Å². The van der Waals surface area contributed by atoms with E-state index in [9.17, 15) is 23.3 Å². The topological polar surface area (TPSA) is 138 Å². The third-order valence-electron chi connectivity index (χ3n) is 4.91. The van der Waals surface area contributed by atoms with Crippen LogP contribution in [0, 0.1) is 10.1 Å². The highest BCUT2D eigenvalue weighted by Crippen LogP contribution is 2.39. The average molecular weight is 412 g/mol. The van der Waals surface area contributed by atoms with Crippen LogP contribution in [0.4, 0.5) is 5.69 Å². The number of hydrogen-bond acceptors (Lipinski definition) is 6. The van der Waals surface area contributed by atoms with Gasteiger partial charge in [-0.05, 0) is 36.6 Å². The summed E-state index contributed by atoms with van der Waals surface area (Å²) < 4.78 is 25.0. The second-order valence-electron chi connectivity index (χ2n) is 6.78. The maximum Gasteiger partial charge on any atom is 0.270 e. The molecular formula is C19H16N4O5S. The predicted octanol–water partition coefficient (Wildman–Crippen LogP) is 2.40. The fourth-order valence-corrected chi connectivity index (χ4v) is 4.16. The quantitative estimate of drug-likeness (QED) is 0.397. The van der Waals surface area contributed by atoms with Crippen LogP contribution in [0.5, 0.6) is 0 Å². The molecule has 0 spiro atoms. The van der Waals surface area contributed by atoms with Gasteiger partial charge in [-0.25, -0.2) is 18.2 Å². The smallest absolute Gasteiger partial charge is 0.270 e. The standard InChI is InChI=1S/C19H16N4O5S/c1-11(24)18-16-8-6-12-5-7-14(23(25)26)10-17(12)19(16)22(21-18)13-3-2-4-15(9-13)29(20,27)28/h2-5,7,9-10H,6,8H2,1H3,(H2,20,27,28). The van der Waals surface area contributed by atoms with Gasteiger partial charge in [-0.2, -0.15) is 5.10 Å². The molecule has 2 aromatic carbocycles. The van der Waals surface area contributed by atoms with Crippen LogP contribution in [0.25, 0.3) is 16.9 Å². The number of rotatable bonds is 4. The number of nitrogens with two attached hydrogens (primary N) is 1. The van der Waals surface area contributed by atoms with Crippen LogP contribution in [-0.4, -0.2) is 28.9 Å². The molecule has 0 radical (unpaired) electrons. The van der Waals surface area contributed by atoms with Gasteiger partial charge >= 0.3 is 0 Å². The molecule has 1 heterocycles. The molecule has 0 saturated heterocycles. The molecule has 0 fully saturated rings. The number of nitro benzene ring substituents is 1. The molecule has 4 rings (SSSR count). The number of Topliss-reactive ketones (excluding diaryl/α,β-unsaturated/α-hetero) is 1. The molecular weight excluding hydrogens is 396 g/mol. The van der Waals surface area contributed by atoms with Gasteiger partial charge in [0.2, 0.25) is 10.0 Å². The van der Waals surface area contributed by atoms with E-state index in [2.05, 4.69) is 5.10 Å². The highest BCUT2D eigenvalue weighted by Gasteiger charge is 2.29. The minimum absolute atomic E-state index is 0.0768. The number of ketones is 1. The van der Waals surface area contributed by atoms with E-state index < -0.39 is 14.9 Å². The molecule has 0 unspecified atom stereocenters. The van der Waals surface area contributed by atoms with Crippen LogP contribution >= 0.6 is 0 Å². The molecule has 3 aromatic rings. The van der Waals surface area contributed by atoms with Crippen molar-refractivity contribution in [3.63, 3.8) is 0 Å². The lowest BCUT2D eigenvalue weighted by molar-refractivity contribution is -0.384. The number of fused-ring (bicyclic) bond motifs is 3. The summed E-state index contributed by atoms with van der Waals surface area (Å²) in [4.78, 5) is 22.9. The van der Waals surface area contributed by atoms with Gasteiger partial charge in [-0.1, -0.05) is 12.1 Å². The van der Waals surface area contributed by atoms with Gasteiger partial charge in [-0.15, -0.1) is 0 Å². The predicted molar refractivity (Wildman–Crippen MR) is 104 cm³/mol. The Labute approximate surface area is 166 Å². The van der Waals surface area contributed by atoms with Crippen molar-refractivity contribution < 1.29 is 18.1 Å². The fourth-order valence-electron chi connectivity index (χ4n) is 3.60. The van der Waals surface area contributed by atoms with E-state index in [1.165, 1.54) is 41.9 Å². The van der Waals surface area contributed by atoms with E-state index in [1.807, 2.05) is 0 Å². The summed E-state index contributed by atoms with van der Waals surface area (Å²) in [6.45, 7) is 1.40. The summed E-state index contributed by atoms with van der Waals surface area (Å²) in [5.41, 5.74) is 3.30.